The van der Waals surface area contributed by atoms with Crippen LogP contribution >= 0.6 is 0 Å². The van der Waals surface area contributed by atoms with E-state index in [0.717, 1.165) is 0 Å². The van der Waals surface area contributed by atoms with E-state index in [-0.39, 0.29) is 17.4 Å². The van der Waals surface area contributed by atoms with Crippen molar-refractivity contribution in [1.82, 2.24) is 10.2 Å². The molecule has 0 aromatic heterocycles. The van der Waals surface area contributed by atoms with Gasteiger partial charge in [-0.3, -0.25) is 19.8 Å². The van der Waals surface area contributed by atoms with Crippen LogP contribution in [0.4, 0.5) is 4.79 Å². The minimum absolute atomic E-state index is 0.205. The van der Waals surface area contributed by atoms with Crippen molar-refractivity contribution in [2.24, 2.45) is 10.8 Å². The van der Waals surface area contributed by atoms with Gasteiger partial charge in [0.25, 0.3) is 0 Å². The Bertz CT molecular complexity index is 404. The molecule has 2 fully saturated rings. The summed E-state index contributed by atoms with van der Waals surface area (Å²) in [5, 5.41) is 2.29. The van der Waals surface area contributed by atoms with E-state index in [1.54, 1.807) is 0 Å². The first-order valence-corrected chi connectivity index (χ1v) is 5.89. The zero-order chi connectivity index (χ0) is 13.0. The molecular weight excluding hydrogens is 220 g/mol. The van der Waals surface area contributed by atoms with Crippen LogP contribution in [0.25, 0.3) is 0 Å². The van der Waals surface area contributed by atoms with Crippen LogP contribution in [0.5, 0.6) is 0 Å². The van der Waals surface area contributed by atoms with Crippen molar-refractivity contribution in [1.29, 1.82) is 0 Å². The van der Waals surface area contributed by atoms with Crippen LogP contribution in [0, 0.1) is 10.8 Å². The third-order valence-corrected chi connectivity index (χ3v) is 3.89. The van der Waals surface area contributed by atoms with E-state index < -0.39 is 17.4 Å². The number of imide groups is 2. The average Bonchev–Trinajstić information content (AvgIpc) is 2.94. The van der Waals surface area contributed by atoms with Gasteiger partial charge >= 0.3 is 6.03 Å². The standard InChI is InChI=1S/C12H18N2O3/c1-7(11(2,3)4)14-9(16)12(5-6-12)8(15)13-10(14)17/h7H,5-6H2,1-4H3,(H,13,15,17). The Morgan fingerprint density at radius 3 is 2.18 bits per heavy atom. The van der Waals surface area contributed by atoms with Gasteiger partial charge in [-0.1, -0.05) is 20.8 Å². The molecule has 1 heterocycles. The highest BCUT2D eigenvalue weighted by Crippen LogP contribution is 2.49. The van der Waals surface area contributed by atoms with Crippen molar-refractivity contribution in [3.05, 3.63) is 0 Å². The van der Waals surface area contributed by atoms with Crippen LogP contribution in [0.2, 0.25) is 0 Å². The third kappa shape index (κ3) is 1.64. The second kappa shape index (κ2) is 3.31. The molecule has 2 rings (SSSR count). The van der Waals surface area contributed by atoms with Crippen molar-refractivity contribution in [3.8, 4) is 0 Å². The number of carbonyl (C=O) groups excluding carboxylic acids is 3. The quantitative estimate of drug-likeness (QED) is 0.700. The number of urea groups is 1. The van der Waals surface area contributed by atoms with E-state index in [0.29, 0.717) is 12.8 Å². The van der Waals surface area contributed by atoms with Gasteiger partial charge in [0.05, 0.1) is 0 Å². The van der Waals surface area contributed by atoms with Gasteiger partial charge in [0.2, 0.25) is 11.8 Å². The van der Waals surface area contributed by atoms with E-state index in [1.165, 1.54) is 4.90 Å². The second-order valence-corrected chi connectivity index (χ2v) is 6.06. The lowest BCUT2D eigenvalue weighted by Gasteiger charge is -2.40. The van der Waals surface area contributed by atoms with Gasteiger partial charge in [-0.15, -0.1) is 0 Å². The van der Waals surface area contributed by atoms with Crippen molar-refractivity contribution >= 4 is 17.8 Å². The van der Waals surface area contributed by atoms with Crippen LogP contribution < -0.4 is 5.32 Å². The van der Waals surface area contributed by atoms with Crippen LogP contribution in [-0.4, -0.2) is 28.8 Å². The molecule has 1 aliphatic carbocycles. The fourth-order valence-corrected chi connectivity index (χ4v) is 2.00. The van der Waals surface area contributed by atoms with E-state index >= 15 is 0 Å². The van der Waals surface area contributed by atoms with Crippen LogP contribution in [0.3, 0.4) is 0 Å². The Kier molecular flexibility index (Phi) is 2.35. The highest BCUT2D eigenvalue weighted by atomic mass is 16.2. The van der Waals surface area contributed by atoms with Gasteiger partial charge in [0, 0.05) is 6.04 Å². The number of rotatable bonds is 1. The summed E-state index contributed by atoms with van der Waals surface area (Å²) in [5.74, 6) is -0.751. The van der Waals surface area contributed by atoms with E-state index in [2.05, 4.69) is 5.32 Å². The number of carbonyl (C=O) groups is 3. The summed E-state index contributed by atoms with van der Waals surface area (Å²) < 4.78 is 0. The fourth-order valence-electron chi connectivity index (χ4n) is 2.00. The second-order valence-electron chi connectivity index (χ2n) is 6.06. The van der Waals surface area contributed by atoms with Crippen LogP contribution in [0.1, 0.15) is 40.5 Å². The van der Waals surface area contributed by atoms with Gasteiger partial charge in [0.15, 0.2) is 0 Å². The van der Waals surface area contributed by atoms with Gasteiger partial charge in [-0.05, 0) is 25.2 Å². The molecule has 5 nitrogen and oxygen atoms in total. The average molecular weight is 238 g/mol. The van der Waals surface area contributed by atoms with E-state index in [1.807, 2.05) is 27.7 Å². The van der Waals surface area contributed by atoms with Crippen LogP contribution in [-0.2, 0) is 9.59 Å². The molecule has 2 aliphatic rings. The molecule has 1 unspecified atom stereocenters. The molecule has 4 amide bonds. The molecule has 94 valence electrons. The Labute approximate surface area is 101 Å². The third-order valence-electron chi connectivity index (χ3n) is 3.89. The SMILES string of the molecule is CC(N1C(=O)NC(=O)C2(CC2)C1=O)C(C)(C)C. The molecule has 0 aromatic carbocycles. The number of barbiturate groups is 1. The zero-order valence-electron chi connectivity index (χ0n) is 10.7. The number of hydrogen-bond donors (Lipinski definition) is 1. The summed E-state index contributed by atoms with van der Waals surface area (Å²) in [4.78, 5) is 36.9. The summed E-state index contributed by atoms with van der Waals surface area (Å²) in [6.45, 7) is 7.74. The first-order valence-electron chi connectivity index (χ1n) is 5.89. The molecule has 0 bridgehead atoms. The Hall–Kier alpha value is -1.39. The Morgan fingerprint density at radius 1 is 1.24 bits per heavy atom. The summed E-state index contributed by atoms with van der Waals surface area (Å²) in [6.07, 6.45) is 1.11. The monoisotopic (exact) mass is 238 g/mol. The maximum absolute atomic E-state index is 12.3. The Morgan fingerprint density at radius 2 is 1.76 bits per heavy atom. The first kappa shape index (κ1) is 12.1. The fraction of sp³-hybridized carbons (Fsp3) is 0.750. The minimum Gasteiger partial charge on any atom is -0.277 e. The van der Waals surface area contributed by atoms with Gasteiger partial charge in [-0.2, -0.15) is 0 Å². The lowest BCUT2D eigenvalue weighted by Crippen LogP contribution is -2.63. The molecule has 1 saturated heterocycles. The molecule has 5 heteroatoms. The predicted molar refractivity (Wildman–Crippen MR) is 61.0 cm³/mol. The summed E-state index contributed by atoms with van der Waals surface area (Å²) in [6, 6.07) is -0.819. The lowest BCUT2D eigenvalue weighted by atomic mass is 9.85. The number of nitrogens with one attached hydrogen (secondary N) is 1. The van der Waals surface area contributed by atoms with Gasteiger partial charge in [0.1, 0.15) is 5.41 Å². The largest absolute Gasteiger partial charge is 0.331 e. The minimum atomic E-state index is -0.937. The molecule has 1 N–H and O–H groups in total. The molecule has 1 atom stereocenters. The summed E-state index contributed by atoms with van der Waals surface area (Å²) in [5.41, 5.74) is -1.14. The first-order chi connectivity index (χ1) is 7.70. The van der Waals surface area contributed by atoms with Crippen molar-refractivity contribution in [3.63, 3.8) is 0 Å². The molecule has 0 radical (unpaired) electrons. The molecule has 1 saturated carbocycles. The number of hydrogen-bond acceptors (Lipinski definition) is 3. The smallest absolute Gasteiger partial charge is 0.277 e. The Balaban J connectivity index is 2.31. The highest BCUT2D eigenvalue weighted by molar-refractivity contribution is 6.21. The molecule has 1 aliphatic heterocycles. The van der Waals surface area contributed by atoms with E-state index in [9.17, 15) is 14.4 Å². The van der Waals surface area contributed by atoms with Crippen molar-refractivity contribution in [2.75, 3.05) is 0 Å². The molecule has 0 aromatic rings. The predicted octanol–water partition coefficient (Wildman–Crippen LogP) is 1.28. The van der Waals surface area contributed by atoms with Crippen molar-refractivity contribution < 1.29 is 14.4 Å². The number of nitrogens with zero attached hydrogens (tertiary/aromatic N) is 1. The topological polar surface area (TPSA) is 66.5 Å². The molecular formula is C12H18N2O3. The van der Waals surface area contributed by atoms with Gasteiger partial charge < -0.3 is 0 Å². The molecule has 1 spiro atoms. The number of amides is 4. The van der Waals surface area contributed by atoms with Gasteiger partial charge in [-0.25, -0.2) is 4.79 Å². The summed E-state index contributed by atoms with van der Waals surface area (Å²) in [7, 11) is 0. The van der Waals surface area contributed by atoms with Crippen LogP contribution in [0.15, 0.2) is 0 Å². The molecule has 17 heavy (non-hydrogen) atoms. The van der Waals surface area contributed by atoms with E-state index in [4.69, 9.17) is 0 Å². The zero-order valence-corrected chi connectivity index (χ0v) is 10.7. The highest BCUT2D eigenvalue weighted by Gasteiger charge is 2.63. The summed E-state index contributed by atoms with van der Waals surface area (Å²) >= 11 is 0. The maximum atomic E-state index is 12.3. The lowest BCUT2D eigenvalue weighted by molar-refractivity contribution is -0.147. The normalized spacial score (nSPS) is 24.9. The maximum Gasteiger partial charge on any atom is 0.331 e. The van der Waals surface area contributed by atoms with Crippen molar-refractivity contribution in [2.45, 2.75) is 46.6 Å².